The standard InChI is InChI=1S/C6H6N2O2/c1-10-6(9)5-7-3-2-4-8-5/h2-4H,1H3/p+1. The Hall–Kier alpha value is -1.45. The molecule has 1 aromatic rings. The van der Waals surface area contributed by atoms with Crippen molar-refractivity contribution < 1.29 is 14.5 Å². The van der Waals surface area contributed by atoms with Gasteiger partial charge in [0, 0.05) is 6.07 Å². The van der Waals surface area contributed by atoms with E-state index in [-0.39, 0.29) is 5.82 Å². The van der Waals surface area contributed by atoms with Gasteiger partial charge in [-0.15, -0.1) is 0 Å². The van der Waals surface area contributed by atoms with Crippen LogP contribution in [0.25, 0.3) is 0 Å². The van der Waals surface area contributed by atoms with E-state index in [0.717, 1.165) is 0 Å². The van der Waals surface area contributed by atoms with Crippen LogP contribution in [-0.4, -0.2) is 18.1 Å². The zero-order valence-corrected chi connectivity index (χ0v) is 5.50. The molecule has 10 heavy (non-hydrogen) atoms. The highest BCUT2D eigenvalue weighted by molar-refractivity contribution is 5.83. The maximum atomic E-state index is 10.7. The number of esters is 1. The van der Waals surface area contributed by atoms with Gasteiger partial charge in [-0.3, -0.25) is 0 Å². The van der Waals surface area contributed by atoms with E-state index in [1.807, 2.05) is 0 Å². The molecule has 0 amide bonds. The van der Waals surface area contributed by atoms with Crippen LogP contribution in [-0.2, 0) is 4.74 Å². The molecule has 4 nitrogen and oxygen atoms in total. The number of aromatic amines is 1. The lowest BCUT2D eigenvalue weighted by Gasteiger charge is -1.86. The summed E-state index contributed by atoms with van der Waals surface area (Å²) in [5.41, 5.74) is 0. The Morgan fingerprint density at radius 3 is 3.10 bits per heavy atom. The van der Waals surface area contributed by atoms with Crippen molar-refractivity contribution in [1.82, 2.24) is 4.98 Å². The Morgan fingerprint density at radius 1 is 1.80 bits per heavy atom. The molecule has 0 aliphatic heterocycles. The molecule has 0 aliphatic carbocycles. The second-order valence-corrected chi connectivity index (χ2v) is 1.62. The molecule has 4 heteroatoms. The van der Waals surface area contributed by atoms with Gasteiger partial charge in [0.2, 0.25) is 0 Å². The topological polar surface area (TPSA) is 53.3 Å². The molecule has 0 spiro atoms. The maximum absolute atomic E-state index is 10.7. The third kappa shape index (κ3) is 1.28. The van der Waals surface area contributed by atoms with Crippen molar-refractivity contribution >= 4 is 5.97 Å². The number of H-pyrrole nitrogens is 1. The molecule has 0 saturated heterocycles. The van der Waals surface area contributed by atoms with Crippen molar-refractivity contribution in [3.05, 3.63) is 24.3 Å². The lowest BCUT2D eigenvalue weighted by atomic mass is 10.6. The van der Waals surface area contributed by atoms with Gasteiger partial charge in [0.15, 0.2) is 0 Å². The van der Waals surface area contributed by atoms with Crippen LogP contribution < -0.4 is 4.98 Å². The van der Waals surface area contributed by atoms with Crippen LogP contribution in [0.4, 0.5) is 0 Å². The normalized spacial score (nSPS) is 8.90. The monoisotopic (exact) mass is 139 g/mol. The van der Waals surface area contributed by atoms with Crippen molar-refractivity contribution in [1.29, 1.82) is 0 Å². The highest BCUT2D eigenvalue weighted by Crippen LogP contribution is 1.83. The molecule has 0 radical (unpaired) electrons. The number of carbonyl (C=O) groups excluding carboxylic acids is 1. The van der Waals surface area contributed by atoms with Gasteiger partial charge >= 0.3 is 11.8 Å². The van der Waals surface area contributed by atoms with Crippen LogP contribution >= 0.6 is 0 Å². The Kier molecular flexibility index (Phi) is 1.94. The van der Waals surface area contributed by atoms with Gasteiger partial charge in [-0.2, -0.15) is 0 Å². The molecule has 1 rings (SSSR count). The fourth-order valence-electron chi connectivity index (χ4n) is 0.533. The van der Waals surface area contributed by atoms with Crippen molar-refractivity contribution in [2.75, 3.05) is 7.11 Å². The Morgan fingerprint density at radius 2 is 2.60 bits per heavy atom. The van der Waals surface area contributed by atoms with Crippen LogP contribution in [0.2, 0.25) is 0 Å². The van der Waals surface area contributed by atoms with E-state index >= 15 is 0 Å². The van der Waals surface area contributed by atoms with Crippen molar-refractivity contribution in [3.8, 4) is 0 Å². The second kappa shape index (κ2) is 2.91. The van der Waals surface area contributed by atoms with Gasteiger partial charge in [-0.25, -0.2) is 9.78 Å². The molecule has 0 aromatic carbocycles. The largest absolute Gasteiger partial charge is 0.460 e. The lowest BCUT2D eigenvalue weighted by Crippen LogP contribution is -2.19. The summed E-state index contributed by atoms with van der Waals surface area (Å²) in [5.74, 6) is -0.245. The van der Waals surface area contributed by atoms with Gasteiger partial charge < -0.3 is 4.74 Å². The van der Waals surface area contributed by atoms with Gasteiger partial charge in [-0.05, 0) is 4.98 Å². The van der Waals surface area contributed by atoms with Crippen LogP contribution in [0.3, 0.4) is 0 Å². The molecule has 52 valence electrons. The number of ether oxygens (including phenoxy) is 1. The number of nitrogens with one attached hydrogen (secondary N) is 1. The van der Waals surface area contributed by atoms with E-state index in [1.54, 1.807) is 12.3 Å². The SMILES string of the molecule is COC(=O)c1nccc[nH+]1. The first-order valence-corrected chi connectivity index (χ1v) is 2.75. The fourth-order valence-corrected chi connectivity index (χ4v) is 0.533. The molecule has 0 bridgehead atoms. The van der Waals surface area contributed by atoms with Crippen LogP contribution in [0.5, 0.6) is 0 Å². The number of hydrogen-bond acceptors (Lipinski definition) is 3. The van der Waals surface area contributed by atoms with Gasteiger partial charge in [0.25, 0.3) is 0 Å². The van der Waals surface area contributed by atoms with Crippen molar-refractivity contribution in [3.63, 3.8) is 0 Å². The van der Waals surface area contributed by atoms with E-state index in [2.05, 4.69) is 14.7 Å². The number of carbonyl (C=O) groups is 1. The quantitative estimate of drug-likeness (QED) is 0.501. The highest BCUT2D eigenvalue weighted by Gasteiger charge is 2.14. The molecule has 0 saturated carbocycles. The molecule has 1 N–H and O–H groups in total. The predicted molar refractivity (Wildman–Crippen MR) is 32.1 cm³/mol. The molecule has 1 aromatic heterocycles. The Bertz CT molecular complexity index is 222. The average molecular weight is 139 g/mol. The van der Waals surface area contributed by atoms with E-state index in [4.69, 9.17) is 0 Å². The molecule has 0 atom stereocenters. The number of nitrogens with zero attached hydrogens (tertiary/aromatic N) is 1. The maximum Gasteiger partial charge on any atom is 0.425 e. The van der Waals surface area contributed by atoms with E-state index in [1.165, 1.54) is 13.3 Å². The predicted octanol–water partition coefficient (Wildman–Crippen LogP) is -0.318. The summed E-state index contributed by atoms with van der Waals surface area (Å²) >= 11 is 0. The van der Waals surface area contributed by atoms with Gasteiger partial charge in [-0.1, -0.05) is 0 Å². The third-order valence-electron chi connectivity index (χ3n) is 0.985. The first kappa shape index (κ1) is 6.67. The first-order valence-electron chi connectivity index (χ1n) is 2.75. The summed E-state index contributed by atoms with van der Waals surface area (Å²) in [7, 11) is 1.31. The number of methoxy groups -OCH3 is 1. The number of rotatable bonds is 1. The minimum absolute atomic E-state index is 0.213. The first-order chi connectivity index (χ1) is 4.84. The van der Waals surface area contributed by atoms with Crippen LogP contribution in [0, 0.1) is 0 Å². The Labute approximate surface area is 57.9 Å². The van der Waals surface area contributed by atoms with E-state index < -0.39 is 5.97 Å². The van der Waals surface area contributed by atoms with Gasteiger partial charge in [0.05, 0.1) is 13.3 Å². The van der Waals surface area contributed by atoms with Crippen molar-refractivity contribution in [2.24, 2.45) is 0 Å². The molecule has 1 heterocycles. The lowest BCUT2D eigenvalue weighted by molar-refractivity contribution is -0.388. The summed E-state index contributed by atoms with van der Waals surface area (Å²) in [6.45, 7) is 0. The molecule has 0 fully saturated rings. The summed E-state index contributed by atoms with van der Waals surface area (Å²) in [6.07, 6.45) is 3.13. The molecule has 0 unspecified atom stereocenters. The van der Waals surface area contributed by atoms with Gasteiger partial charge in [0.1, 0.15) is 6.20 Å². The average Bonchev–Trinajstić information content (AvgIpc) is 2.05. The smallest absolute Gasteiger partial charge is 0.425 e. The van der Waals surface area contributed by atoms with E-state index in [0.29, 0.717) is 0 Å². The zero-order chi connectivity index (χ0) is 7.40. The molecular formula is C6H7N2O2+. The minimum Gasteiger partial charge on any atom is -0.460 e. The van der Waals surface area contributed by atoms with Crippen molar-refractivity contribution in [2.45, 2.75) is 0 Å². The molecular weight excluding hydrogens is 132 g/mol. The number of hydrogen-bond donors (Lipinski definition) is 0. The number of aromatic nitrogens is 2. The summed E-state index contributed by atoms with van der Waals surface area (Å²) in [5, 5.41) is 0. The van der Waals surface area contributed by atoms with Crippen LogP contribution in [0.15, 0.2) is 18.5 Å². The van der Waals surface area contributed by atoms with E-state index in [9.17, 15) is 4.79 Å². The summed E-state index contributed by atoms with van der Waals surface area (Å²) in [4.78, 5) is 17.1. The summed E-state index contributed by atoms with van der Waals surface area (Å²) < 4.78 is 4.40. The fraction of sp³-hybridized carbons (Fsp3) is 0.167. The van der Waals surface area contributed by atoms with Crippen LogP contribution in [0.1, 0.15) is 10.6 Å². The Balaban J connectivity index is 2.85. The molecule has 0 aliphatic rings. The minimum atomic E-state index is -0.458. The second-order valence-electron chi connectivity index (χ2n) is 1.62. The summed E-state index contributed by atoms with van der Waals surface area (Å²) in [6, 6.07) is 1.69. The zero-order valence-electron chi connectivity index (χ0n) is 5.50. The third-order valence-corrected chi connectivity index (χ3v) is 0.985. The highest BCUT2D eigenvalue weighted by atomic mass is 16.5.